The van der Waals surface area contributed by atoms with Crippen LogP contribution in [0.3, 0.4) is 0 Å². The number of hydrogen-bond acceptors (Lipinski definition) is 3. The summed E-state index contributed by atoms with van der Waals surface area (Å²) < 4.78 is 37.6. The Morgan fingerprint density at radius 3 is 2.50 bits per heavy atom. The van der Waals surface area contributed by atoms with Gasteiger partial charge < -0.3 is 10.6 Å². The van der Waals surface area contributed by atoms with Gasteiger partial charge in [0.05, 0.1) is 5.01 Å². The molecule has 8 heteroatoms. The number of nitrogens with zero attached hydrogens (tertiary/aromatic N) is 2. The number of hydrogen-bond donors (Lipinski definition) is 2. The molecule has 0 saturated heterocycles. The highest BCUT2D eigenvalue weighted by Gasteiger charge is 2.33. The third-order valence-electron chi connectivity index (χ3n) is 3.92. The predicted molar refractivity (Wildman–Crippen MR) is 99.8 cm³/mol. The first-order chi connectivity index (χ1) is 12.3. The van der Waals surface area contributed by atoms with Gasteiger partial charge in [-0.1, -0.05) is 36.8 Å². The molecular formula is C18H23F3N4S. The molecule has 4 nitrogen and oxygen atoms in total. The quantitative estimate of drug-likeness (QED) is 0.585. The maximum Gasteiger partial charge on any atom is 0.434 e. The number of thiazole rings is 1. The van der Waals surface area contributed by atoms with Crippen molar-refractivity contribution in [2.75, 3.05) is 20.1 Å². The van der Waals surface area contributed by atoms with Crippen molar-refractivity contribution >= 4 is 17.3 Å². The van der Waals surface area contributed by atoms with Crippen LogP contribution >= 0.6 is 11.3 Å². The number of alkyl halides is 3. The van der Waals surface area contributed by atoms with E-state index in [4.69, 9.17) is 0 Å². The van der Waals surface area contributed by atoms with E-state index < -0.39 is 11.9 Å². The molecule has 0 bridgehead atoms. The summed E-state index contributed by atoms with van der Waals surface area (Å²) in [7, 11) is 1.66. The molecular weight excluding hydrogens is 361 g/mol. The third kappa shape index (κ3) is 6.01. The number of aromatic nitrogens is 1. The Hall–Kier alpha value is -2.09. The van der Waals surface area contributed by atoms with Crippen LogP contribution in [0.1, 0.15) is 34.7 Å². The van der Waals surface area contributed by atoms with Crippen molar-refractivity contribution in [1.29, 1.82) is 0 Å². The zero-order chi connectivity index (χ0) is 19.2. The van der Waals surface area contributed by atoms with E-state index in [1.807, 2.05) is 0 Å². The van der Waals surface area contributed by atoms with Crippen molar-refractivity contribution in [3.63, 3.8) is 0 Å². The Morgan fingerprint density at radius 1 is 1.23 bits per heavy atom. The maximum absolute atomic E-state index is 12.5. The minimum atomic E-state index is -4.38. The van der Waals surface area contributed by atoms with Crippen molar-refractivity contribution < 1.29 is 13.2 Å². The number of rotatable bonds is 6. The van der Waals surface area contributed by atoms with Crippen molar-refractivity contribution in [1.82, 2.24) is 15.6 Å². The molecule has 1 aromatic heterocycles. The molecule has 0 aliphatic heterocycles. The number of nitrogens with one attached hydrogen (secondary N) is 2. The lowest BCUT2D eigenvalue weighted by molar-refractivity contribution is -0.140. The topological polar surface area (TPSA) is 49.3 Å². The van der Waals surface area contributed by atoms with E-state index in [-0.39, 0.29) is 0 Å². The van der Waals surface area contributed by atoms with Crippen LogP contribution in [0.5, 0.6) is 0 Å². The van der Waals surface area contributed by atoms with E-state index in [2.05, 4.69) is 58.7 Å². The predicted octanol–water partition coefficient (Wildman–Crippen LogP) is 3.98. The largest absolute Gasteiger partial charge is 0.434 e. The first kappa shape index (κ1) is 20.2. The minimum absolute atomic E-state index is 0.308. The Kier molecular flexibility index (Phi) is 7.02. The van der Waals surface area contributed by atoms with E-state index in [0.29, 0.717) is 36.4 Å². The molecule has 142 valence electrons. The lowest BCUT2D eigenvalue weighted by Gasteiger charge is -2.16. The van der Waals surface area contributed by atoms with E-state index in [1.54, 1.807) is 7.05 Å². The molecule has 2 aromatic rings. The van der Waals surface area contributed by atoms with Crippen molar-refractivity contribution in [3.8, 4) is 0 Å². The molecule has 1 atom stereocenters. The highest BCUT2D eigenvalue weighted by molar-refractivity contribution is 7.09. The molecule has 1 aromatic carbocycles. The molecule has 1 unspecified atom stereocenters. The van der Waals surface area contributed by atoms with Gasteiger partial charge in [-0.25, -0.2) is 4.98 Å². The lowest BCUT2D eigenvalue weighted by atomic mass is 10.0. The standard InChI is InChI=1S/C18H23F3N4S/c1-12-4-6-14(7-5-12)13(2)10-24-17(22-3)23-9-8-16-25-15(11-26-16)18(19,20)21/h4-7,11,13H,8-10H2,1-3H3,(H2,22,23,24). The summed E-state index contributed by atoms with van der Waals surface area (Å²) in [6, 6.07) is 8.39. The molecule has 0 radical (unpaired) electrons. The fraction of sp³-hybridized carbons (Fsp3) is 0.444. The van der Waals surface area contributed by atoms with Crippen molar-refractivity contribution in [2.24, 2.45) is 4.99 Å². The van der Waals surface area contributed by atoms with Crippen molar-refractivity contribution in [3.05, 3.63) is 51.5 Å². The summed E-state index contributed by atoms with van der Waals surface area (Å²) in [5.41, 5.74) is 1.63. The van der Waals surface area contributed by atoms with Gasteiger partial charge in [-0.3, -0.25) is 4.99 Å². The SMILES string of the molecule is CN=C(NCCc1nc(C(F)(F)F)cs1)NCC(C)c1ccc(C)cc1. The smallest absolute Gasteiger partial charge is 0.356 e. The molecule has 26 heavy (non-hydrogen) atoms. The summed E-state index contributed by atoms with van der Waals surface area (Å²) in [6.07, 6.45) is -3.97. The average molecular weight is 384 g/mol. The number of guanidine groups is 1. The third-order valence-corrected chi connectivity index (χ3v) is 4.83. The lowest BCUT2D eigenvalue weighted by Crippen LogP contribution is -2.39. The number of benzene rings is 1. The zero-order valence-electron chi connectivity index (χ0n) is 15.0. The highest BCUT2D eigenvalue weighted by Crippen LogP contribution is 2.30. The Balaban J connectivity index is 1.77. The van der Waals surface area contributed by atoms with Gasteiger partial charge in [0, 0.05) is 31.9 Å². The molecule has 0 saturated carbocycles. The maximum atomic E-state index is 12.5. The second-order valence-electron chi connectivity index (χ2n) is 6.07. The summed E-state index contributed by atoms with van der Waals surface area (Å²) in [4.78, 5) is 7.76. The number of aryl methyl sites for hydroxylation is 1. The van der Waals surface area contributed by atoms with Crippen LogP contribution in [0, 0.1) is 6.92 Å². The van der Waals surface area contributed by atoms with Gasteiger partial charge >= 0.3 is 6.18 Å². The molecule has 2 rings (SSSR count). The minimum Gasteiger partial charge on any atom is -0.356 e. The van der Waals surface area contributed by atoms with E-state index in [9.17, 15) is 13.2 Å². The van der Waals surface area contributed by atoms with Gasteiger partial charge in [0.2, 0.25) is 0 Å². The molecule has 0 amide bonds. The van der Waals surface area contributed by atoms with E-state index in [1.165, 1.54) is 11.1 Å². The summed E-state index contributed by atoms with van der Waals surface area (Å²) in [5, 5.41) is 7.85. The average Bonchev–Trinajstić information content (AvgIpc) is 3.07. The van der Waals surface area contributed by atoms with Crippen LogP contribution in [-0.4, -0.2) is 31.1 Å². The normalized spacial score (nSPS) is 13.5. The van der Waals surface area contributed by atoms with Crippen LogP contribution < -0.4 is 10.6 Å². The Bertz CT molecular complexity index is 723. The molecule has 2 N–H and O–H groups in total. The van der Waals surface area contributed by atoms with Gasteiger partial charge in [0.25, 0.3) is 0 Å². The first-order valence-electron chi connectivity index (χ1n) is 8.32. The molecule has 0 aliphatic carbocycles. The van der Waals surface area contributed by atoms with Crippen LogP contribution in [0.4, 0.5) is 13.2 Å². The van der Waals surface area contributed by atoms with Gasteiger partial charge in [0.1, 0.15) is 0 Å². The summed E-state index contributed by atoms with van der Waals surface area (Å²) in [5.74, 6) is 0.930. The van der Waals surface area contributed by atoms with Gasteiger partial charge in [-0.2, -0.15) is 13.2 Å². The van der Waals surface area contributed by atoms with E-state index in [0.717, 1.165) is 16.7 Å². The van der Waals surface area contributed by atoms with E-state index >= 15 is 0 Å². The summed E-state index contributed by atoms with van der Waals surface area (Å²) in [6.45, 7) is 5.35. The van der Waals surface area contributed by atoms with Crippen LogP contribution in [0.15, 0.2) is 34.6 Å². The fourth-order valence-corrected chi connectivity index (χ4v) is 3.13. The number of halogens is 3. The van der Waals surface area contributed by atoms with Crippen LogP contribution in [-0.2, 0) is 12.6 Å². The first-order valence-corrected chi connectivity index (χ1v) is 9.20. The van der Waals surface area contributed by atoms with Crippen LogP contribution in [0.25, 0.3) is 0 Å². The fourth-order valence-electron chi connectivity index (χ4n) is 2.33. The Morgan fingerprint density at radius 2 is 1.92 bits per heavy atom. The van der Waals surface area contributed by atoms with Crippen LogP contribution in [0.2, 0.25) is 0 Å². The Labute approximate surface area is 155 Å². The molecule has 1 heterocycles. The zero-order valence-corrected chi connectivity index (χ0v) is 15.8. The van der Waals surface area contributed by atoms with Gasteiger partial charge in [-0.05, 0) is 18.4 Å². The molecule has 0 spiro atoms. The van der Waals surface area contributed by atoms with Crippen molar-refractivity contribution in [2.45, 2.75) is 32.4 Å². The second-order valence-corrected chi connectivity index (χ2v) is 7.01. The van der Waals surface area contributed by atoms with Gasteiger partial charge in [-0.15, -0.1) is 11.3 Å². The highest BCUT2D eigenvalue weighted by atomic mass is 32.1. The van der Waals surface area contributed by atoms with Gasteiger partial charge in [0.15, 0.2) is 11.7 Å². The second kappa shape index (κ2) is 9.02. The monoisotopic (exact) mass is 384 g/mol. The summed E-state index contributed by atoms with van der Waals surface area (Å²) >= 11 is 1.02. The molecule has 0 fully saturated rings. The number of aliphatic imine (C=N–C) groups is 1. The molecule has 0 aliphatic rings.